The van der Waals surface area contributed by atoms with Crippen molar-refractivity contribution in [1.82, 2.24) is 0 Å². The maximum absolute atomic E-state index is 14.2. The SMILES string of the molecule is CC1=CC(c2cc(C=Cc3cc(O)cc(O)c3)ccc2O)C(C(=O)c2ccc(O)cc2O)C(c2ccc(O)cc2O)C1. The van der Waals surface area contributed by atoms with E-state index in [1.54, 1.807) is 30.4 Å². The molecule has 0 spiro atoms. The maximum Gasteiger partial charge on any atom is 0.171 e. The number of aromatic hydroxyl groups is 7. The molecule has 0 bridgehead atoms. The number of allylic oxidation sites excluding steroid dienone is 2. The molecular weight excluding hydrogens is 536 g/mol. The van der Waals surface area contributed by atoms with E-state index < -0.39 is 29.3 Å². The first kappa shape index (κ1) is 28.2. The van der Waals surface area contributed by atoms with Crippen LogP contribution in [0.15, 0.2) is 84.4 Å². The van der Waals surface area contributed by atoms with Crippen LogP contribution in [-0.4, -0.2) is 41.5 Å². The lowest BCUT2D eigenvalue weighted by Crippen LogP contribution is -2.31. The zero-order valence-corrected chi connectivity index (χ0v) is 22.6. The number of carbonyl (C=O) groups is 1. The van der Waals surface area contributed by atoms with Gasteiger partial charge in [-0.1, -0.05) is 35.9 Å². The summed E-state index contributed by atoms with van der Waals surface area (Å²) in [5.41, 5.74) is 2.99. The second kappa shape index (κ2) is 11.2. The first-order valence-electron chi connectivity index (χ1n) is 13.3. The van der Waals surface area contributed by atoms with E-state index in [0.29, 0.717) is 28.7 Å². The van der Waals surface area contributed by atoms with E-state index in [4.69, 9.17) is 0 Å². The molecule has 0 heterocycles. The minimum absolute atomic E-state index is 0.0155. The fraction of sp³-hybridized carbons (Fsp3) is 0.147. The molecule has 3 unspecified atom stereocenters. The predicted octanol–water partition coefficient (Wildman–Crippen LogP) is 6.51. The third-order valence-electron chi connectivity index (χ3n) is 7.59. The average molecular weight is 567 g/mol. The molecule has 0 amide bonds. The Labute approximate surface area is 242 Å². The Hall–Kier alpha value is -5.37. The van der Waals surface area contributed by atoms with Crippen molar-refractivity contribution < 1.29 is 40.5 Å². The number of hydrogen-bond acceptors (Lipinski definition) is 8. The quantitative estimate of drug-likeness (QED) is 0.0790. The standard InChI is InChI=1S/C34H30O8/c1-18-10-28(25-7-5-21(35)16-31(25)40)33(34(42)26-8-6-22(36)17-32(26)41)29(11-18)27-14-19(4-9-30(27)39)2-3-20-12-23(37)15-24(38)13-20/h2-9,11-17,28-29,33,35-41H,10H2,1H3. The van der Waals surface area contributed by atoms with Crippen LogP contribution in [0.1, 0.15) is 57.8 Å². The molecule has 4 aromatic carbocycles. The molecule has 42 heavy (non-hydrogen) atoms. The Kier molecular flexibility index (Phi) is 7.55. The number of Topliss-reactive ketones (excluding diaryl/α,β-unsaturated/α-hetero) is 1. The van der Waals surface area contributed by atoms with Gasteiger partial charge in [0.05, 0.1) is 5.56 Å². The second-order valence-corrected chi connectivity index (χ2v) is 10.6. The summed E-state index contributed by atoms with van der Waals surface area (Å²) in [5.74, 6) is -3.77. The van der Waals surface area contributed by atoms with Crippen molar-refractivity contribution in [3.05, 3.63) is 112 Å². The van der Waals surface area contributed by atoms with E-state index in [1.165, 1.54) is 48.5 Å². The summed E-state index contributed by atoms with van der Waals surface area (Å²) in [4.78, 5) is 14.2. The normalized spacial score (nSPS) is 18.6. The Morgan fingerprint density at radius 1 is 0.643 bits per heavy atom. The van der Waals surface area contributed by atoms with E-state index in [-0.39, 0.29) is 40.1 Å². The van der Waals surface area contributed by atoms with Gasteiger partial charge in [-0.25, -0.2) is 0 Å². The largest absolute Gasteiger partial charge is 0.508 e. The highest BCUT2D eigenvalue weighted by Crippen LogP contribution is 2.51. The fourth-order valence-corrected chi connectivity index (χ4v) is 5.74. The number of phenolic OH excluding ortho intramolecular Hbond substituents is 7. The predicted molar refractivity (Wildman–Crippen MR) is 158 cm³/mol. The molecular formula is C34H30O8. The third kappa shape index (κ3) is 5.74. The van der Waals surface area contributed by atoms with Gasteiger partial charge in [0, 0.05) is 41.5 Å². The van der Waals surface area contributed by atoms with E-state index in [1.807, 2.05) is 13.0 Å². The number of benzene rings is 4. The highest BCUT2D eigenvalue weighted by Gasteiger charge is 2.42. The molecule has 1 aliphatic carbocycles. The van der Waals surface area contributed by atoms with Crippen LogP contribution in [0.2, 0.25) is 0 Å². The number of ketones is 1. The molecule has 3 atom stereocenters. The molecule has 214 valence electrons. The highest BCUT2D eigenvalue weighted by atomic mass is 16.3. The molecule has 1 aliphatic rings. The summed E-state index contributed by atoms with van der Waals surface area (Å²) in [7, 11) is 0. The number of rotatable bonds is 6. The molecule has 0 aliphatic heterocycles. The van der Waals surface area contributed by atoms with Crippen molar-refractivity contribution in [3.63, 3.8) is 0 Å². The summed E-state index contributed by atoms with van der Waals surface area (Å²) < 4.78 is 0. The van der Waals surface area contributed by atoms with Crippen LogP contribution >= 0.6 is 0 Å². The van der Waals surface area contributed by atoms with Gasteiger partial charge in [-0.2, -0.15) is 0 Å². The molecule has 4 aromatic rings. The molecule has 7 N–H and O–H groups in total. The lowest BCUT2D eigenvalue weighted by Gasteiger charge is -2.37. The van der Waals surface area contributed by atoms with Gasteiger partial charge in [-0.3, -0.25) is 4.79 Å². The number of hydrogen-bond donors (Lipinski definition) is 7. The van der Waals surface area contributed by atoms with Crippen LogP contribution in [0.25, 0.3) is 12.2 Å². The topological polar surface area (TPSA) is 159 Å². The van der Waals surface area contributed by atoms with Crippen molar-refractivity contribution in [1.29, 1.82) is 0 Å². The second-order valence-electron chi connectivity index (χ2n) is 10.6. The first-order valence-corrected chi connectivity index (χ1v) is 13.3. The smallest absolute Gasteiger partial charge is 0.171 e. The third-order valence-corrected chi connectivity index (χ3v) is 7.59. The van der Waals surface area contributed by atoms with Gasteiger partial charge in [-0.05, 0) is 72.5 Å². The van der Waals surface area contributed by atoms with E-state index in [0.717, 1.165) is 11.6 Å². The van der Waals surface area contributed by atoms with Gasteiger partial charge < -0.3 is 35.7 Å². The van der Waals surface area contributed by atoms with Crippen molar-refractivity contribution in [2.24, 2.45) is 5.92 Å². The van der Waals surface area contributed by atoms with Crippen molar-refractivity contribution in [2.75, 3.05) is 0 Å². The molecule has 8 heteroatoms. The molecule has 0 aromatic heterocycles. The summed E-state index contributed by atoms with van der Waals surface area (Å²) in [5, 5.41) is 71.7. The van der Waals surface area contributed by atoms with Crippen LogP contribution in [0.4, 0.5) is 0 Å². The van der Waals surface area contributed by atoms with Crippen LogP contribution < -0.4 is 0 Å². The minimum atomic E-state index is -0.896. The Bertz CT molecular complexity index is 1720. The minimum Gasteiger partial charge on any atom is -0.508 e. The van der Waals surface area contributed by atoms with Crippen molar-refractivity contribution >= 4 is 17.9 Å². The van der Waals surface area contributed by atoms with Crippen LogP contribution in [0.3, 0.4) is 0 Å². The van der Waals surface area contributed by atoms with Crippen molar-refractivity contribution in [2.45, 2.75) is 25.2 Å². The van der Waals surface area contributed by atoms with E-state index >= 15 is 0 Å². The monoisotopic (exact) mass is 566 g/mol. The van der Waals surface area contributed by atoms with Crippen LogP contribution in [0, 0.1) is 5.92 Å². The highest BCUT2D eigenvalue weighted by molar-refractivity contribution is 6.02. The molecule has 0 fully saturated rings. The van der Waals surface area contributed by atoms with Gasteiger partial charge in [0.25, 0.3) is 0 Å². The molecule has 8 nitrogen and oxygen atoms in total. The number of phenols is 7. The van der Waals surface area contributed by atoms with Gasteiger partial charge in [0.2, 0.25) is 0 Å². The molecule has 0 saturated carbocycles. The van der Waals surface area contributed by atoms with Crippen LogP contribution in [0.5, 0.6) is 40.2 Å². The summed E-state index contributed by atoms with van der Waals surface area (Å²) >= 11 is 0. The van der Waals surface area contributed by atoms with Gasteiger partial charge in [0.15, 0.2) is 5.78 Å². The molecule has 0 saturated heterocycles. The fourth-order valence-electron chi connectivity index (χ4n) is 5.74. The Balaban J connectivity index is 1.63. The lowest BCUT2D eigenvalue weighted by molar-refractivity contribution is 0.0877. The van der Waals surface area contributed by atoms with Gasteiger partial charge in [-0.15, -0.1) is 0 Å². The summed E-state index contributed by atoms with van der Waals surface area (Å²) in [6.45, 7) is 1.89. The zero-order valence-electron chi connectivity index (χ0n) is 22.6. The lowest BCUT2D eigenvalue weighted by atomic mass is 9.65. The summed E-state index contributed by atoms with van der Waals surface area (Å²) in [6.07, 6.45) is 5.71. The van der Waals surface area contributed by atoms with Gasteiger partial charge in [0.1, 0.15) is 40.2 Å². The molecule has 5 rings (SSSR count). The van der Waals surface area contributed by atoms with Crippen molar-refractivity contribution in [3.8, 4) is 40.2 Å². The zero-order chi connectivity index (χ0) is 30.1. The van der Waals surface area contributed by atoms with Gasteiger partial charge >= 0.3 is 0 Å². The summed E-state index contributed by atoms with van der Waals surface area (Å²) in [6, 6.07) is 17.1. The van der Waals surface area contributed by atoms with Crippen LogP contribution in [-0.2, 0) is 0 Å². The molecule has 0 radical (unpaired) electrons. The van der Waals surface area contributed by atoms with E-state index in [9.17, 15) is 40.5 Å². The Morgan fingerprint density at radius 3 is 1.95 bits per heavy atom. The Morgan fingerprint density at radius 2 is 1.29 bits per heavy atom. The van der Waals surface area contributed by atoms with E-state index in [2.05, 4.69) is 0 Å². The first-order chi connectivity index (χ1) is 20.0. The average Bonchev–Trinajstić information content (AvgIpc) is 2.91. The number of carbonyl (C=O) groups excluding carboxylic acids is 1. The maximum atomic E-state index is 14.2.